The molecule has 104 valence electrons. The fourth-order valence-electron chi connectivity index (χ4n) is 1.67. The second-order valence-corrected chi connectivity index (χ2v) is 5.08. The van der Waals surface area contributed by atoms with Crippen LogP contribution in [0.1, 0.15) is 10.4 Å². The zero-order chi connectivity index (χ0) is 14.5. The van der Waals surface area contributed by atoms with E-state index < -0.39 is 0 Å². The summed E-state index contributed by atoms with van der Waals surface area (Å²) in [6.45, 7) is 0. The molecule has 0 atom stereocenters. The van der Waals surface area contributed by atoms with E-state index in [1.165, 1.54) is 24.9 Å². The van der Waals surface area contributed by atoms with Gasteiger partial charge in [0.25, 0.3) is 0 Å². The highest BCUT2D eigenvalue weighted by Crippen LogP contribution is 2.30. The van der Waals surface area contributed by atoms with Gasteiger partial charge in [-0.25, -0.2) is 0 Å². The van der Waals surface area contributed by atoms with Crippen molar-refractivity contribution in [2.75, 3.05) is 12.9 Å². The highest BCUT2D eigenvalue weighted by atomic mass is 32.2. The molecular weight excluding hydrogens is 276 g/mol. The van der Waals surface area contributed by atoms with E-state index in [1.54, 1.807) is 36.4 Å². The third kappa shape index (κ3) is 3.24. The molecule has 0 heterocycles. The van der Waals surface area contributed by atoms with Crippen LogP contribution in [-0.2, 0) is 0 Å². The lowest BCUT2D eigenvalue weighted by Crippen LogP contribution is -2.02. The zero-order valence-corrected chi connectivity index (χ0v) is 11.7. The maximum absolute atomic E-state index is 12.0. The number of hydrogen-bond donors (Lipinski definition) is 2. The summed E-state index contributed by atoms with van der Waals surface area (Å²) in [5, 5.41) is 19.3. The van der Waals surface area contributed by atoms with Crippen molar-refractivity contribution in [3.63, 3.8) is 0 Å². The van der Waals surface area contributed by atoms with Crippen LogP contribution in [0, 0.1) is 0 Å². The molecule has 0 aliphatic carbocycles. The first-order valence-corrected chi connectivity index (χ1v) is 6.91. The molecule has 0 bridgehead atoms. The topological polar surface area (TPSA) is 66.8 Å². The molecular formula is C15H14O4S. The molecule has 0 aliphatic heterocycles. The highest BCUT2D eigenvalue weighted by Gasteiger charge is 2.11. The van der Waals surface area contributed by atoms with Gasteiger partial charge in [0.15, 0.2) is 17.3 Å². The van der Waals surface area contributed by atoms with Gasteiger partial charge in [-0.3, -0.25) is 4.79 Å². The Morgan fingerprint density at radius 3 is 2.55 bits per heavy atom. The number of aromatic hydroxyl groups is 2. The summed E-state index contributed by atoms with van der Waals surface area (Å²) in [7, 11) is 1.45. The highest BCUT2D eigenvalue weighted by molar-refractivity contribution is 8.00. The monoisotopic (exact) mass is 290 g/mol. The maximum Gasteiger partial charge on any atom is 0.173 e. The second kappa shape index (κ2) is 6.34. The minimum atomic E-state index is -0.129. The van der Waals surface area contributed by atoms with Gasteiger partial charge in [0.1, 0.15) is 5.75 Å². The van der Waals surface area contributed by atoms with Crippen molar-refractivity contribution in [1.82, 2.24) is 0 Å². The lowest BCUT2D eigenvalue weighted by Gasteiger charge is -2.06. The van der Waals surface area contributed by atoms with E-state index in [0.29, 0.717) is 16.2 Å². The van der Waals surface area contributed by atoms with Gasteiger partial charge in [0.2, 0.25) is 0 Å². The third-order valence-corrected chi connectivity index (χ3v) is 3.79. The Hall–Kier alpha value is -2.14. The number of ketones is 1. The van der Waals surface area contributed by atoms with Gasteiger partial charge in [-0.05, 0) is 30.3 Å². The summed E-state index contributed by atoms with van der Waals surface area (Å²) in [4.78, 5) is 12.7. The van der Waals surface area contributed by atoms with E-state index >= 15 is 0 Å². The Morgan fingerprint density at radius 2 is 1.90 bits per heavy atom. The minimum Gasteiger partial charge on any atom is -0.507 e. The fourth-order valence-corrected chi connectivity index (χ4v) is 2.51. The van der Waals surface area contributed by atoms with E-state index in [-0.39, 0.29) is 23.0 Å². The number of phenolic OH excluding ortho intramolecular Hbond substituents is 2. The molecule has 0 unspecified atom stereocenters. The number of thioether (sulfide) groups is 1. The van der Waals surface area contributed by atoms with Gasteiger partial charge in [-0.2, -0.15) is 0 Å². The smallest absolute Gasteiger partial charge is 0.173 e. The molecule has 0 aromatic heterocycles. The largest absolute Gasteiger partial charge is 0.507 e. The lowest BCUT2D eigenvalue weighted by atomic mass is 10.1. The van der Waals surface area contributed by atoms with Gasteiger partial charge < -0.3 is 14.9 Å². The van der Waals surface area contributed by atoms with Crippen LogP contribution >= 0.6 is 11.8 Å². The number of benzene rings is 2. The van der Waals surface area contributed by atoms with Crippen LogP contribution in [0.15, 0.2) is 47.4 Å². The Kier molecular flexibility index (Phi) is 4.53. The van der Waals surface area contributed by atoms with Gasteiger partial charge in [-0.15, -0.1) is 11.8 Å². The van der Waals surface area contributed by atoms with E-state index in [1.807, 2.05) is 0 Å². The van der Waals surface area contributed by atoms with Crippen molar-refractivity contribution in [2.24, 2.45) is 0 Å². The molecule has 0 fully saturated rings. The van der Waals surface area contributed by atoms with Crippen LogP contribution in [0.4, 0.5) is 0 Å². The molecule has 5 heteroatoms. The molecule has 0 saturated heterocycles. The quantitative estimate of drug-likeness (QED) is 0.654. The van der Waals surface area contributed by atoms with Gasteiger partial charge >= 0.3 is 0 Å². The van der Waals surface area contributed by atoms with E-state index in [9.17, 15) is 15.0 Å². The second-order valence-electron chi connectivity index (χ2n) is 4.07. The standard InChI is InChI=1S/C15H14O4S/c1-19-14-7-6-10(8-12(14)17)13(18)9-20-15-5-3-2-4-11(15)16/h2-8,16-17H,9H2,1H3. The molecule has 0 saturated carbocycles. The van der Waals surface area contributed by atoms with Crippen molar-refractivity contribution in [3.05, 3.63) is 48.0 Å². The summed E-state index contributed by atoms with van der Waals surface area (Å²) in [6, 6.07) is 11.4. The number of methoxy groups -OCH3 is 1. The molecule has 0 spiro atoms. The molecule has 2 aromatic carbocycles. The number of phenols is 2. The van der Waals surface area contributed by atoms with Crippen LogP contribution in [-0.4, -0.2) is 28.9 Å². The van der Waals surface area contributed by atoms with Crippen molar-refractivity contribution < 1.29 is 19.7 Å². The summed E-state index contributed by atoms with van der Waals surface area (Å²) >= 11 is 1.25. The first-order valence-electron chi connectivity index (χ1n) is 5.93. The van der Waals surface area contributed by atoms with Crippen LogP contribution in [0.5, 0.6) is 17.2 Å². The van der Waals surface area contributed by atoms with E-state index in [0.717, 1.165) is 0 Å². The van der Waals surface area contributed by atoms with E-state index in [4.69, 9.17) is 4.74 Å². The van der Waals surface area contributed by atoms with Crippen molar-refractivity contribution in [2.45, 2.75) is 4.90 Å². The predicted molar refractivity (Wildman–Crippen MR) is 77.8 cm³/mol. The number of ether oxygens (including phenoxy) is 1. The molecule has 0 aliphatic rings. The molecule has 4 nitrogen and oxygen atoms in total. The number of carbonyl (C=O) groups is 1. The summed E-state index contributed by atoms with van der Waals surface area (Å²) in [5.74, 6) is 0.475. The summed E-state index contributed by atoms with van der Waals surface area (Å²) in [5.41, 5.74) is 0.409. The van der Waals surface area contributed by atoms with Gasteiger partial charge in [0.05, 0.1) is 12.9 Å². The minimum absolute atomic E-state index is 0.0640. The van der Waals surface area contributed by atoms with Crippen molar-refractivity contribution in [3.8, 4) is 17.2 Å². The average Bonchev–Trinajstić information content (AvgIpc) is 2.46. The SMILES string of the molecule is COc1ccc(C(=O)CSc2ccccc2O)cc1O. The van der Waals surface area contributed by atoms with Crippen LogP contribution < -0.4 is 4.74 Å². The number of Topliss-reactive ketones (excluding diaryl/α,β-unsaturated/α-hetero) is 1. The van der Waals surface area contributed by atoms with Crippen LogP contribution in [0.25, 0.3) is 0 Å². The summed E-state index contributed by atoms with van der Waals surface area (Å²) < 4.78 is 4.93. The number of rotatable bonds is 5. The Morgan fingerprint density at radius 1 is 1.15 bits per heavy atom. The molecule has 0 radical (unpaired) electrons. The van der Waals surface area contributed by atoms with Crippen LogP contribution in [0.3, 0.4) is 0 Å². The number of hydrogen-bond acceptors (Lipinski definition) is 5. The Balaban J connectivity index is 2.05. The van der Waals surface area contributed by atoms with Gasteiger partial charge in [0, 0.05) is 10.5 Å². The van der Waals surface area contributed by atoms with Crippen molar-refractivity contribution in [1.29, 1.82) is 0 Å². The molecule has 2 N–H and O–H groups in total. The average molecular weight is 290 g/mol. The molecule has 0 amide bonds. The zero-order valence-electron chi connectivity index (χ0n) is 10.9. The number of para-hydroxylation sites is 1. The predicted octanol–water partition coefficient (Wildman–Crippen LogP) is 3.08. The Bertz CT molecular complexity index is 625. The van der Waals surface area contributed by atoms with E-state index in [2.05, 4.69) is 0 Å². The van der Waals surface area contributed by atoms with Crippen molar-refractivity contribution >= 4 is 17.5 Å². The molecule has 2 rings (SSSR count). The third-order valence-electron chi connectivity index (χ3n) is 2.72. The van der Waals surface area contributed by atoms with Crippen LogP contribution in [0.2, 0.25) is 0 Å². The Labute approximate surface area is 121 Å². The first-order chi connectivity index (χ1) is 9.61. The normalized spacial score (nSPS) is 10.2. The lowest BCUT2D eigenvalue weighted by molar-refractivity contribution is 0.102. The van der Waals surface area contributed by atoms with Gasteiger partial charge in [-0.1, -0.05) is 12.1 Å². The first kappa shape index (κ1) is 14.3. The molecule has 20 heavy (non-hydrogen) atoms. The fraction of sp³-hybridized carbons (Fsp3) is 0.133. The summed E-state index contributed by atoms with van der Waals surface area (Å²) in [6.07, 6.45) is 0. The number of carbonyl (C=O) groups excluding carboxylic acids is 1. The maximum atomic E-state index is 12.0. The molecule has 2 aromatic rings.